The number of furan rings is 1. The van der Waals surface area contributed by atoms with Crippen LogP contribution in [0.25, 0.3) is 11.0 Å². The molecular weight excluding hydrogens is 354 g/mol. The van der Waals surface area contributed by atoms with Crippen molar-refractivity contribution in [1.29, 1.82) is 0 Å². The van der Waals surface area contributed by atoms with Gasteiger partial charge in [-0.1, -0.05) is 30.3 Å². The summed E-state index contributed by atoms with van der Waals surface area (Å²) in [5.41, 5.74) is 4.81. The largest absolute Gasteiger partial charge is 0.464 e. The summed E-state index contributed by atoms with van der Waals surface area (Å²) in [7, 11) is 1.71. The summed E-state index contributed by atoms with van der Waals surface area (Å²) in [5.74, 6) is -0.691. The Morgan fingerprint density at radius 1 is 1.11 bits per heavy atom. The number of carbonyl (C=O) groups is 2. The topological polar surface area (TPSA) is 59.8 Å². The summed E-state index contributed by atoms with van der Waals surface area (Å²) in [6.45, 7) is 5.70. The zero-order valence-corrected chi connectivity index (χ0v) is 16.7. The first-order valence-corrected chi connectivity index (χ1v) is 9.30. The number of aryl methyl sites for hydroxylation is 2. The molecule has 0 N–H and O–H groups in total. The fraction of sp³-hybridized carbons (Fsp3) is 0.304. The molecule has 0 bridgehead atoms. The normalized spacial score (nSPS) is 12.0. The SMILES string of the molecule is Cc1cc2occ(CC(=O)OCC(=O)N(C)[C@H](C)c3ccccc3)c2cc1C. The highest BCUT2D eigenvalue weighted by atomic mass is 16.5. The predicted molar refractivity (Wildman–Crippen MR) is 108 cm³/mol. The van der Waals surface area contributed by atoms with Crippen molar-refractivity contribution in [2.24, 2.45) is 0 Å². The van der Waals surface area contributed by atoms with Gasteiger partial charge in [-0.05, 0) is 49.6 Å². The van der Waals surface area contributed by atoms with E-state index in [-0.39, 0.29) is 25.0 Å². The molecule has 1 amide bonds. The van der Waals surface area contributed by atoms with Crippen LogP contribution in [0.4, 0.5) is 0 Å². The first-order chi connectivity index (χ1) is 13.4. The second-order valence-electron chi connectivity index (χ2n) is 7.12. The standard InChI is InChI=1S/C23H25NO4/c1-15-10-20-19(13-27-21(20)11-16(15)2)12-23(26)28-14-22(25)24(4)17(3)18-8-6-5-7-9-18/h5-11,13,17H,12,14H2,1-4H3/t17-/m1/s1. The van der Waals surface area contributed by atoms with Crippen molar-refractivity contribution in [2.75, 3.05) is 13.7 Å². The molecule has 1 atom stereocenters. The van der Waals surface area contributed by atoms with Gasteiger partial charge in [0.05, 0.1) is 18.7 Å². The van der Waals surface area contributed by atoms with Crippen LogP contribution in [0.2, 0.25) is 0 Å². The molecule has 1 aromatic heterocycles. The number of ether oxygens (including phenoxy) is 1. The van der Waals surface area contributed by atoms with E-state index in [2.05, 4.69) is 0 Å². The highest BCUT2D eigenvalue weighted by Crippen LogP contribution is 2.25. The molecule has 0 aliphatic rings. The Bertz CT molecular complexity index is 991. The molecule has 28 heavy (non-hydrogen) atoms. The van der Waals surface area contributed by atoms with E-state index in [9.17, 15) is 9.59 Å². The van der Waals surface area contributed by atoms with E-state index in [0.29, 0.717) is 0 Å². The van der Waals surface area contributed by atoms with E-state index < -0.39 is 5.97 Å². The van der Waals surface area contributed by atoms with Crippen LogP contribution in [0.5, 0.6) is 0 Å². The molecule has 0 unspecified atom stereocenters. The Balaban J connectivity index is 1.58. The third kappa shape index (κ3) is 4.25. The lowest BCUT2D eigenvalue weighted by atomic mass is 10.0. The highest BCUT2D eigenvalue weighted by molar-refractivity contribution is 5.87. The average molecular weight is 379 g/mol. The summed E-state index contributed by atoms with van der Waals surface area (Å²) in [4.78, 5) is 26.2. The van der Waals surface area contributed by atoms with Gasteiger partial charge in [0, 0.05) is 18.0 Å². The maximum atomic E-state index is 12.4. The maximum Gasteiger partial charge on any atom is 0.310 e. The van der Waals surface area contributed by atoms with Crippen molar-refractivity contribution < 1.29 is 18.7 Å². The van der Waals surface area contributed by atoms with Gasteiger partial charge >= 0.3 is 5.97 Å². The smallest absolute Gasteiger partial charge is 0.310 e. The van der Waals surface area contributed by atoms with Crippen LogP contribution in [-0.4, -0.2) is 30.4 Å². The zero-order chi connectivity index (χ0) is 20.3. The van der Waals surface area contributed by atoms with Crippen molar-refractivity contribution in [3.8, 4) is 0 Å². The van der Waals surface area contributed by atoms with E-state index in [0.717, 1.165) is 33.2 Å². The molecule has 0 saturated carbocycles. The Kier molecular flexibility index (Phi) is 5.83. The molecule has 1 heterocycles. The zero-order valence-electron chi connectivity index (χ0n) is 16.7. The first-order valence-electron chi connectivity index (χ1n) is 9.30. The van der Waals surface area contributed by atoms with E-state index in [1.54, 1.807) is 18.2 Å². The van der Waals surface area contributed by atoms with Crippen molar-refractivity contribution in [1.82, 2.24) is 4.90 Å². The summed E-state index contributed by atoms with van der Waals surface area (Å²) < 4.78 is 10.8. The monoisotopic (exact) mass is 379 g/mol. The van der Waals surface area contributed by atoms with Crippen LogP contribution in [-0.2, 0) is 20.7 Å². The van der Waals surface area contributed by atoms with Crippen molar-refractivity contribution in [3.63, 3.8) is 0 Å². The van der Waals surface area contributed by atoms with Crippen LogP contribution < -0.4 is 0 Å². The highest BCUT2D eigenvalue weighted by Gasteiger charge is 2.19. The molecule has 0 spiro atoms. The predicted octanol–water partition coefficient (Wildman–Crippen LogP) is 4.35. The Labute approximate surface area is 164 Å². The van der Waals surface area contributed by atoms with E-state index in [4.69, 9.17) is 9.15 Å². The van der Waals surface area contributed by atoms with Crippen molar-refractivity contribution >= 4 is 22.8 Å². The second kappa shape index (κ2) is 8.30. The van der Waals surface area contributed by atoms with Crippen LogP contribution >= 0.6 is 0 Å². The number of likely N-dealkylation sites (N-methyl/N-ethyl adjacent to an activating group) is 1. The van der Waals surface area contributed by atoms with Gasteiger partial charge in [-0.2, -0.15) is 0 Å². The molecule has 3 aromatic rings. The minimum Gasteiger partial charge on any atom is -0.464 e. The number of hydrogen-bond donors (Lipinski definition) is 0. The summed E-state index contributed by atoms with van der Waals surface area (Å²) in [6, 6.07) is 13.6. The Hall–Kier alpha value is -3.08. The van der Waals surface area contributed by atoms with E-state index >= 15 is 0 Å². The number of amides is 1. The number of nitrogens with zero attached hydrogens (tertiary/aromatic N) is 1. The molecule has 3 rings (SSSR count). The minimum absolute atomic E-state index is 0.0702. The number of rotatable bonds is 6. The van der Waals surface area contributed by atoms with Crippen LogP contribution in [0.15, 0.2) is 53.1 Å². The molecule has 5 heteroatoms. The average Bonchev–Trinajstić information content (AvgIpc) is 3.07. The quantitative estimate of drug-likeness (QED) is 0.597. The number of carbonyl (C=O) groups excluding carboxylic acids is 2. The molecule has 5 nitrogen and oxygen atoms in total. The fourth-order valence-electron chi connectivity index (χ4n) is 3.09. The van der Waals surface area contributed by atoms with Crippen LogP contribution in [0.1, 0.15) is 35.2 Å². The molecule has 0 aliphatic heterocycles. The number of benzene rings is 2. The third-order valence-electron chi connectivity index (χ3n) is 5.22. The number of fused-ring (bicyclic) bond motifs is 1. The van der Waals surface area contributed by atoms with Crippen LogP contribution in [0, 0.1) is 13.8 Å². The number of hydrogen-bond acceptors (Lipinski definition) is 4. The Morgan fingerprint density at radius 3 is 2.50 bits per heavy atom. The van der Waals surface area contributed by atoms with Crippen LogP contribution in [0.3, 0.4) is 0 Å². The molecule has 0 aliphatic carbocycles. The number of esters is 1. The molecule has 0 fully saturated rings. The lowest BCUT2D eigenvalue weighted by molar-refractivity contribution is -0.151. The summed E-state index contributed by atoms with van der Waals surface area (Å²) in [5, 5.41) is 0.904. The molecular formula is C23H25NO4. The third-order valence-corrected chi connectivity index (χ3v) is 5.22. The van der Waals surface area contributed by atoms with Gasteiger partial charge in [-0.15, -0.1) is 0 Å². The summed E-state index contributed by atoms with van der Waals surface area (Å²) >= 11 is 0. The lowest BCUT2D eigenvalue weighted by Gasteiger charge is -2.25. The van der Waals surface area contributed by atoms with Gasteiger partial charge in [0.1, 0.15) is 5.58 Å². The van der Waals surface area contributed by atoms with E-state index in [1.807, 2.05) is 63.2 Å². The van der Waals surface area contributed by atoms with Crippen molar-refractivity contribution in [3.05, 3.63) is 71.0 Å². The van der Waals surface area contributed by atoms with Gasteiger partial charge in [0.15, 0.2) is 6.61 Å². The van der Waals surface area contributed by atoms with Crippen molar-refractivity contribution in [2.45, 2.75) is 33.2 Å². The van der Waals surface area contributed by atoms with Gasteiger partial charge in [0.25, 0.3) is 5.91 Å². The molecule has 2 aromatic carbocycles. The lowest BCUT2D eigenvalue weighted by Crippen LogP contribution is -2.33. The summed E-state index contributed by atoms with van der Waals surface area (Å²) in [6.07, 6.45) is 1.65. The second-order valence-corrected chi connectivity index (χ2v) is 7.12. The van der Waals surface area contributed by atoms with Gasteiger partial charge in [0.2, 0.25) is 0 Å². The minimum atomic E-state index is -0.449. The Morgan fingerprint density at radius 2 is 1.79 bits per heavy atom. The molecule has 146 valence electrons. The molecule has 0 radical (unpaired) electrons. The molecule has 0 saturated heterocycles. The first kappa shape index (κ1) is 19.7. The van der Waals surface area contributed by atoms with Gasteiger partial charge in [-0.25, -0.2) is 0 Å². The fourth-order valence-corrected chi connectivity index (χ4v) is 3.09. The van der Waals surface area contributed by atoms with Gasteiger partial charge < -0.3 is 14.1 Å². The maximum absolute atomic E-state index is 12.4. The van der Waals surface area contributed by atoms with E-state index in [1.165, 1.54) is 0 Å². The van der Waals surface area contributed by atoms with Gasteiger partial charge in [-0.3, -0.25) is 9.59 Å².